The van der Waals surface area contributed by atoms with Crippen LogP contribution < -0.4 is 5.32 Å². The number of hydrogen-bond donors (Lipinski definition) is 1. The van der Waals surface area contributed by atoms with Gasteiger partial charge in [0.2, 0.25) is 0 Å². The molecule has 88 valence electrons. The van der Waals surface area contributed by atoms with Crippen LogP contribution >= 0.6 is 0 Å². The van der Waals surface area contributed by atoms with Crippen molar-refractivity contribution in [1.82, 2.24) is 10.3 Å². The molecule has 16 heavy (non-hydrogen) atoms. The zero-order valence-corrected chi connectivity index (χ0v) is 10.0. The fourth-order valence-corrected chi connectivity index (χ4v) is 2.08. The quantitative estimate of drug-likeness (QED) is 0.845. The van der Waals surface area contributed by atoms with Crippen molar-refractivity contribution < 1.29 is 4.74 Å². The highest BCUT2D eigenvalue weighted by Crippen LogP contribution is 2.19. The van der Waals surface area contributed by atoms with Gasteiger partial charge in [0.25, 0.3) is 0 Å². The minimum Gasteiger partial charge on any atom is -0.374 e. The van der Waals surface area contributed by atoms with Gasteiger partial charge in [0, 0.05) is 18.8 Å². The lowest BCUT2D eigenvalue weighted by Gasteiger charge is -2.17. The third kappa shape index (κ3) is 3.03. The highest BCUT2D eigenvalue weighted by molar-refractivity contribution is 5.07. The van der Waals surface area contributed by atoms with E-state index in [1.807, 2.05) is 18.3 Å². The van der Waals surface area contributed by atoms with Gasteiger partial charge >= 0.3 is 0 Å². The molecule has 2 unspecified atom stereocenters. The van der Waals surface area contributed by atoms with E-state index in [0.717, 1.165) is 12.2 Å². The summed E-state index contributed by atoms with van der Waals surface area (Å²) in [5.74, 6) is 0. The summed E-state index contributed by atoms with van der Waals surface area (Å²) in [5.41, 5.74) is 1.09. The Kier molecular flexibility index (Phi) is 3.91. The molecule has 1 aromatic rings. The summed E-state index contributed by atoms with van der Waals surface area (Å²) in [6, 6.07) is 6.31. The molecule has 0 spiro atoms. The first kappa shape index (κ1) is 11.6. The van der Waals surface area contributed by atoms with Crippen molar-refractivity contribution in [3.8, 4) is 0 Å². The van der Waals surface area contributed by atoms with Gasteiger partial charge in [-0.3, -0.25) is 4.98 Å². The molecule has 0 bridgehead atoms. The number of rotatable bonds is 4. The van der Waals surface area contributed by atoms with Crippen molar-refractivity contribution in [2.24, 2.45) is 0 Å². The molecule has 0 aliphatic carbocycles. The third-order valence-corrected chi connectivity index (χ3v) is 3.10. The van der Waals surface area contributed by atoms with Crippen LogP contribution in [-0.2, 0) is 4.74 Å². The van der Waals surface area contributed by atoms with E-state index in [1.165, 1.54) is 12.8 Å². The smallest absolute Gasteiger partial charge is 0.0704 e. The van der Waals surface area contributed by atoms with Crippen LogP contribution in [0.15, 0.2) is 24.4 Å². The van der Waals surface area contributed by atoms with Crippen LogP contribution in [0.1, 0.15) is 38.4 Å². The maximum Gasteiger partial charge on any atom is 0.0704 e. The average Bonchev–Trinajstić information content (AvgIpc) is 2.73. The molecule has 1 fully saturated rings. The highest BCUT2D eigenvalue weighted by atomic mass is 16.5. The van der Waals surface area contributed by atoms with Crippen LogP contribution in [0.3, 0.4) is 0 Å². The van der Waals surface area contributed by atoms with E-state index in [0.29, 0.717) is 18.2 Å². The van der Waals surface area contributed by atoms with Gasteiger partial charge < -0.3 is 10.1 Å². The van der Waals surface area contributed by atoms with Crippen LogP contribution in [0.4, 0.5) is 0 Å². The average molecular weight is 220 g/mol. The van der Waals surface area contributed by atoms with Crippen molar-refractivity contribution in [3.63, 3.8) is 0 Å². The lowest BCUT2D eigenvalue weighted by Crippen LogP contribution is -2.29. The molecule has 1 saturated heterocycles. The number of nitrogens with zero attached hydrogens (tertiary/aromatic N) is 1. The van der Waals surface area contributed by atoms with E-state index in [1.54, 1.807) is 0 Å². The molecule has 1 aromatic heterocycles. The fourth-order valence-electron chi connectivity index (χ4n) is 2.08. The Labute approximate surface area is 97.2 Å². The largest absolute Gasteiger partial charge is 0.374 e. The first-order chi connectivity index (χ1) is 7.75. The number of hydrogen-bond acceptors (Lipinski definition) is 3. The Bertz CT molecular complexity index is 315. The summed E-state index contributed by atoms with van der Waals surface area (Å²) in [5, 5.41) is 3.47. The summed E-state index contributed by atoms with van der Waals surface area (Å²) < 4.78 is 5.76. The number of ether oxygens (including phenoxy) is 1. The first-order valence-corrected chi connectivity index (χ1v) is 6.05. The first-order valence-electron chi connectivity index (χ1n) is 6.05. The van der Waals surface area contributed by atoms with Crippen molar-refractivity contribution in [2.75, 3.05) is 6.54 Å². The molecule has 0 amide bonds. The zero-order chi connectivity index (χ0) is 11.4. The van der Waals surface area contributed by atoms with Crippen molar-refractivity contribution >= 4 is 0 Å². The Morgan fingerprint density at radius 3 is 3.00 bits per heavy atom. The summed E-state index contributed by atoms with van der Waals surface area (Å²) in [6.45, 7) is 5.20. The monoisotopic (exact) mass is 220 g/mol. The fraction of sp³-hybridized carbons (Fsp3) is 0.615. The van der Waals surface area contributed by atoms with E-state index >= 15 is 0 Å². The van der Waals surface area contributed by atoms with Crippen molar-refractivity contribution in [3.05, 3.63) is 30.1 Å². The van der Waals surface area contributed by atoms with E-state index in [4.69, 9.17) is 4.74 Å². The Morgan fingerprint density at radius 1 is 1.50 bits per heavy atom. The lowest BCUT2D eigenvalue weighted by molar-refractivity contribution is 0.0546. The topological polar surface area (TPSA) is 34.2 Å². The van der Waals surface area contributed by atoms with Gasteiger partial charge in [-0.25, -0.2) is 0 Å². The Balaban J connectivity index is 1.78. The van der Waals surface area contributed by atoms with Crippen LogP contribution in [0.25, 0.3) is 0 Å². The van der Waals surface area contributed by atoms with Crippen LogP contribution in [0.5, 0.6) is 0 Å². The molecule has 1 aliphatic rings. The molecule has 2 heterocycles. The SMILES string of the molecule is CC1CCC(CN[C@@H](C)c2ccccn2)O1. The second-order valence-electron chi connectivity index (χ2n) is 4.53. The predicted octanol–water partition coefficient (Wildman–Crippen LogP) is 2.30. The second kappa shape index (κ2) is 5.41. The molecular formula is C13H20N2O. The molecule has 0 aromatic carbocycles. The van der Waals surface area contributed by atoms with Gasteiger partial charge in [-0.1, -0.05) is 6.07 Å². The van der Waals surface area contributed by atoms with Gasteiger partial charge in [-0.2, -0.15) is 0 Å². The third-order valence-electron chi connectivity index (χ3n) is 3.10. The highest BCUT2D eigenvalue weighted by Gasteiger charge is 2.21. The second-order valence-corrected chi connectivity index (χ2v) is 4.53. The minimum atomic E-state index is 0.292. The lowest BCUT2D eigenvalue weighted by atomic mass is 10.2. The zero-order valence-electron chi connectivity index (χ0n) is 10.0. The summed E-state index contributed by atoms with van der Waals surface area (Å²) >= 11 is 0. The normalized spacial score (nSPS) is 26.9. The van der Waals surface area contributed by atoms with E-state index in [-0.39, 0.29) is 0 Å². The summed E-state index contributed by atoms with van der Waals surface area (Å²) in [4.78, 5) is 4.34. The predicted molar refractivity (Wildman–Crippen MR) is 64.2 cm³/mol. The molecule has 0 radical (unpaired) electrons. The molecule has 3 heteroatoms. The standard InChI is InChI=1S/C13H20N2O/c1-10-6-7-12(16-10)9-15-11(2)13-5-3-4-8-14-13/h3-5,8,10-12,15H,6-7,9H2,1-2H3/t10?,11-,12?/m0/s1. The summed E-state index contributed by atoms with van der Waals surface area (Å²) in [6.07, 6.45) is 4.99. The van der Waals surface area contributed by atoms with Gasteiger partial charge in [-0.05, 0) is 38.8 Å². The van der Waals surface area contributed by atoms with Gasteiger partial charge in [0.05, 0.1) is 17.9 Å². The molecule has 1 aliphatic heterocycles. The van der Waals surface area contributed by atoms with E-state index in [9.17, 15) is 0 Å². The van der Waals surface area contributed by atoms with Crippen LogP contribution in [-0.4, -0.2) is 23.7 Å². The Hall–Kier alpha value is -0.930. The van der Waals surface area contributed by atoms with Gasteiger partial charge in [0.1, 0.15) is 0 Å². The molecule has 3 atom stereocenters. The number of nitrogens with one attached hydrogen (secondary N) is 1. The van der Waals surface area contributed by atoms with E-state index in [2.05, 4.69) is 30.2 Å². The van der Waals surface area contributed by atoms with Crippen molar-refractivity contribution in [1.29, 1.82) is 0 Å². The maximum absolute atomic E-state index is 5.76. The molecular weight excluding hydrogens is 200 g/mol. The van der Waals surface area contributed by atoms with Gasteiger partial charge in [-0.15, -0.1) is 0 Å². The van der Waals surface area contributed by atoms with Gasteiger partial charge in [0.15, 0.2) is 0 Å². The molecule has 2 rings (SSSR count). The van der Waals surface area contributed by atoms with Crippen molar-refractivity contribution in [2.45, 2.75) is 44.9 Å². The number of pyridine rings is 1. The summed E-state index contributed by atoms with van der Waals surface area (Å²) in [7, 11) is 0. The Morgan fingerprint density at radius 2 is 2.38 bits per heavy atom. The molecule has 3 nitrogen and oxygen atoms in total. The van der Waals surface area contributed by atoms with Crippen LogP contribution in [0, 0.1) is 0 Å². The van der Waals surface area contributed by atoms with Crippen LogP contribution in [0.2, 0.25) is 0 Å². The molecule has 0 saturated carbocycles. The maximum atomic E-state index is 5.76. The number of aromatic nitrogens is 1. The minimum absolute atomic E-state index is 0.292. The van der Waals surface area contributed by atoms with E-state index < -0.39 is 0 Å². The molecule has 1 N–H and O–H groups in total.